The van der Waals surface area contributed by atoms with Crippen LogP contribution in [-0.2, 0) is 4.74 Å². The molecule has 3 rings (SSSR count). The summed E-state index contributed by atoms with van der Waals surface area (Å²) >= 11 is 0. The molecule has 0 aromatic heterocycles. The molecule has 0 bridgehead atoms. The lowest BCUT2D eigenvalue weighted by molar-refractivity contribution is 0.0183. The highest BCUT2D eigenvalue weighted by Gasteiger charge is 2.33. The molecule has 0 spiro atoms. The molecule has 1 unspecified atom stereocenters. The maximum Gasteiger partial charge on any atom is 0.0594 e. The van der Waals surface area contributed by atoms with Crippen LogP contribution in [0.25, 0.3) is 0 Å². The zero-order valence-corrected chi connectivity index (χ0v) is 13.8. The Bertz CT molecular complexity index is 311. The Morgan fingerprint density at radius 2 is 1.86 bits per heavy atom. The van der Waals surface area contributed by atoms with E-state index in [9.17, 15) is 0 Å². The summed E-state index contributed by atoms with van der Waals surface area (Å²) in [4.78, 5) is 5.35. The van der Waals surface area contributed by atoms with Gasteiger partial charge in [0.2, 0.25) is 0 Å². The Kier molecular flexibility index (Phi) is 5.54. The molecule has 0 amide bonds. The molecule has 2 saturated heterocycles. The first-order valence-corrected chi connectivity index (χ1v) is 9.04. The molecular weight excluding hydrogens is 262 g/mol. The van der Waals surface area contributed by atoms with Gasteiger partial charge >= 0.3 is 0 Å². The third kappa shape index (κ3) is 3.98. The fraction of sp³-hybridized carbons (Fsp3) is 1.00. The number of nitrogens with one attached hydrogen (secondary N) is 1. The highest BCUT2D eigenvalue weighted by molar-refractivity contribution is 4.92. The van der Waals surface area contributed by atoms with Crippen LogP contribution >= 0.6 is 0 Å². The third-order valence-electron chi connectivity index (χ3n) is 6.06. The molecule has 2 aliphatic heterocycles. The van der Waals surface area contributed by atoms with Crippen LogP contribution < -0.4 is 5.32 Å². The van der Waals surface area contributed by atoms with Gasteiger partial charge in [-0.3, -0.25) is 4.90 Å². The molecule has 1 saturated carbocycles. The van der Waals surface area contributed by atoms with E-state index in [0.29, 0.717) is 5.54 Å². The van der Waals surface area contributed by atoms with Crippen molar-refractivity contribution in [1.29, 1.82) is 0 Å². The van der Waals surface area contributed by atoms with E-state index in [1.807, 2.05) is 0 Å². The van der Waals surface area contributed by atoms with E-state index in [1.54, 1.807) is 0 Å². The lowest BCUT2D eigenvalue weighted by Gasteiger charge is -2.38. The van der Waals surface area contributed by atoms with Gasteiger partial charge < -0.3 is 15.0 Å². The van der Waals surface area contributed by atoms with Crippen molar-refractivity contribution in [2.24, 2.45) is 0 Å². The summed E-state index contributed by atoms with van der Waals surface area (Å²) in [7, 11) is 2.17. The Morgan fingerprint density at radius 3 is 2.57 bits per heavy atom. The van der Waals surface area contributed by atoms with Crippen molar-refractivity contribution in [2.45, 2.75) is 56.5 Å². The van der Waals surface area contributed by atoms with Crippen molar-refractivity contribution in [3.8, 4) is 0 Å². The molecule has 122 valence electrons. The number of nitrogens with zero attached hydrogens (tertiary/aromatic N) is 2. The fourth-order valence-corrected chi connectivity index (χ4v) is 4.48. The molecule has 21 heavy (non-hydrogen) atoms. The lowest BCUT2D eigenvalue weighted by atomic mass is 9.79. The maximum absolute atomic E-state index is 5.48. The van der Waals surface area contributed by atoms with E-state index in [1.165, 1.54) is 64.6 Å². The molecule has 0 aromatic carbocycles. The smallest absolute Gasteiger partial charge is 0.0594 e. The predicted octanol–water partition coefficient (Wildman–Crippen LogP) is 1.71. The minimum absolute atomic E-state index is 0.440. The summed E-state index contributed by atoms with van der Waals surface area (Å²) in [5.74, 6) is 0. The Morgan fingerprint density at radius 1 is 1.10 bits per heavy atom. The number of hydrogen-bond acceptors (Lipinski definition) is 4. The van der Waals surface area contributed by atoms with Crippen LogP contribution in [0.5, 0.6) is 0 Å². The molecule has 3 aliphatic rings. The van der Waals surface area contributed by atoms with E-state index in [0.717, 1.165) is 32.3 Å². The summed E-state index contributed by atoms with van der Waals surface area (Å²) in [6.07, 6.45) is 9.71. The van der Waals surface area contributed by atoms with Crippen LogP contribution in [0, 0.1) is 0 Å². The van der Waals surface area contributed by atoms with Gasteiger partial charge in [-0.15, -0.1) is 0 Å². The average molecular weight is 295 g/mol. The van der Waals surface area contributed by atoms with Gasteiger partial charge in [0, 0.05) is 31.2 Å². The van der Waals surface area contributed by atoms with Crippen molar-refractivity contribution < 1.29 is 4.74 Å². The molecule has 4 nitrogen and oxygen atoms in total. The number of hydrogen-bond donors (Lipinski definition) is 1. The normalized spacial score (nSPS) is 31.6. The second kappa shape index (κ2) is 7.40. The molecule has 0 aromatic rings. The van der Waals surface area contributed by atoms with E-state index in [2.05, 4.69) is 22.2 Å². The van der Waals surface area contributed by atoms with Crippen molar-refractivity contribution >= 4 is 0 Å². The second-order valence-electron chi connectivity index (χ2n) is 7.23. The quantitative estimate of drug-likeness (QED) is 0.835. The first-order valence-electron chi connectivity index (χ1n) is 9.04. The molecule has 3 fully saturated rings. The topological polar surface area (TPSA) is 27.7 Å². The Balaban J connectivity index is 1.43. The zero-order valence-electron chi connectivity index (χ0n) is 13.8. The van der Waals surface area contributed by atoms with Crippen LogP contribution in [0.15, 0.2) is 0 Å². The van der Waals surface area contributed by atoms with Crippen molar-refractivity contribution in [1.82, 2.24) is 15.1 Å². The monoisotopic (exact) mass is 295 g/mol. The number of morpholine rings is 1. The van der Waals surface area contributed by atoms with E-state index in [-0.39, 0.29) is 0 Å². The van der Waals surface area contributed by atoms with Crippen LogP contribution in [0.1, 0.15) is 44.9 Å². The zero-order chi connectivity index (χ0) is 14.5. The van der Waals surface area contributed by atoms with Crippen LogP contribution in [0.4, 0.5) is 0 Å². The molecule has 0 radical (unpaired) electrons. The SMILES string of the molecule is CNC1(CCN2CCC(N3CCOCC3)C2)CCCCC1. The summed E-state index contributed by atoms with van der Waals surface area (Å²) in [5.41, 5.74) is 0.440. The van der Waals surface area contributed by atoms with Gasteiger partial charge in [0.1, 0.15) is 0 Å². The van der Waals surface area contributed by atoms with Crippen molar-refractivity contribution in [3.63, 3.8) is 0 Å². The van der Waals surface area contributed by atoms with E-state index in [4.69, 9.17) is 4.74 Å². The van der Waals surface area contributed by atoms with Gasteiger partial charge in [-0.05, 0) is 45.8 Å². The Labute approximate surface area is 130 Å². The summed E-state index contributed by atoms with van der Waals surface area (Å²) in [5, 5.41) is 3.66. The molecule has 1 aliphatic carbocycles. The van der Waals surface area contributed by atoms with Gasteiger partial charge in [-0.25, -0.2) is 0 Å². The van der Waals surface area contributed by atoms with Gasteiger partial charge in [-0.2, -0.15) is 0 Å². The van der Waals surface area contributed by atoms with Gasteiger partial charge in [0.15, 0.2) is 0 Å². The maximum atomic E-state index is 5.48. The number of likely N-dealkylation sites (tertiary alicyclic amines) is 1. The predicted molar refractivity (Wildman–Crippen MR) is 86.7 cm³/mol. The van der Waals surface area contributed by atoms with Crippen molar-refractivity contribution in [3.05, 3.63) is 0 Å². The van der Waals surface area contributed by atoms with Crippen LogP contribution in [-0.4, -0.2) is 74.4 Å². The summed E-state index contributed by atoms with van der Waals surface area (Å²) in [6, 6.07) is 0.783. The van der Waals surface area contributed by atoms with E-state index < -0.39 is 0 Å². The molecular formula is C17H33N3O. The largest absolute Gasteiger partial charge is 0.379 e. The average Bonchev–Trinajstić information content (AvgIpc) is 3.04. The summed E-state index contributed by atoms with van der Waals surface area (Å²) < 4.78 is 5.48. The Hall–Kier alpha value is -0.160. The molecule has 2 heterocycles. The van der Waals surface area contributed by atoms with Crippen LogP contribution in [0.2, 0.25) is 0 Å². The molecule has 1 N–H and O–H groups in total. The van der Waals surface area contributed by atoms with Gasteiger partial charge in [0.05, 0.1) is 13.2 Å². The van der Waals surface area contributed by atoms with E-state index >= 15 is 0 Å². The first-order chi connectivity index (χ1) is 10.3. The van der Waals surface area contributed by atoms with Gasteiger partial charge in [-0.1, -0.05) is 19.3 Å². The number of ether oxygens (including phenoxy) is 1. The highest BCUT2D eigenvalue weighted by atomic mass is 16.5. The minimum atomic E-state index is 0.440. The molecule has 4 heteroatoms. The van der Waals surface area contributed by atoms with Crippen LogP contribution in [0.3, 0.4) is 0 Å². The van der Waals surface area contributed by atoms with Crippen molar-refractivity contribution in [2.75, 3.05) is 53.0 Å². The first kappa shape index (κ1) is 15.7. The third-order valence-corrected chi connectivity index (χ3v) is 6.06. The highest BCUT2D eigenvalue weighted by Crippen LogP contribution is 2.31. The lowest BCUT2D eigenvalue weighted by Crippen LogP contribution is -2.47. The fourth-order valence-electron chi connectivity index (χ4n) is 4.48. The summed E-state index contributed by atoms with van der Waals surface area (Å²) in [6.45, 7) is 7.99. The number of rotatable bonds is 5. The molecule has 1 atom stereocenters. The van der Waals surface area contributed by atoms with Gasteiger partial charge in [0.25, 0.3) is 0 Å². The second-order valence-corrected chi connectivity index (χ2v) is 7.23. The standard InChI is InChI=1S/C17H33N3O/c1-18-17(6-3-2-4-7-17)8-10-19-9-5-16(15-19)20-11-13-21-14-12-20/h16,18H,2-15H2,1H3. The minimum Gasteiger partial charge on any atom is -0.379 e.